The molecular weight excluding hydrogens is 582 g/mol. The minimum atomic E-state index is -3.94. The van der Waals surface area contributed by atoms with Gasteiger partial charge in [-0.05, 0) is 56.6 Å². The van der Waals surface area contributed by atoms with Gasteiger partial charge in [0.1, 0.15) is 19.5 Å². The molecule has 0 aliphatic rings. The first-order valence-electron chi connectivity index (χ1n) is 12.4. The van der Waals surface area contributed by atoms with E-state index in [2.05, 4.69) is 68.3 Å². The molecule has 0 bridgehead atoms. The lowest BCUT2D eigenvalue weighted by atomic mass is 9.87. The number of anilines is 1. The zero-order valence-corrected chi connectivity index (χ0v) is 24.6. The first-order chi connectivity index (χ1) is 18.6. The van der Waals surface area contributed by atoms with Gasteiger partial charge in [-0.25, -0.2) is 28.4 Å². The molecule has 0 atom stereocenters. The molecule has 0 radical (unpaired) electrons. The minimum Gasteiger partial charge on any atom is -0.473 e. The van der Waals surface area contributed by atoms with Crippen LogP contribution in [0.15, 0.2) is 76.6 Å². The van der Waals surface area contributed by atoms with Gasteiger partial charge in [0, 0.05) is 12.4 Å². The van der Waals surface area contributed by atoms with Crippen molar-refractivity contribution in [3.8, 4) is 23.0 Å². The van der Waals surface area contributed by atoms with Gasteiger partial charge >= 0.3 is 6.01 Å². The molecule has 9 nitrogen and oxygen atoms in total. The standard InChI is InChI=1S/C28H30BrN5O4S/c1-5-19-6-8-20(9-7-19)24-25(34-39(35,36)23-12-10-21(11-13-23)28(2,3)4)32-18-33-26(24)37-14-15-38-27-30-16-22(29)17-31-27/h6-13,16-18H,5,14-15H2,1-4H3,(H,32,33,34). The van der Waals surface area contributed by atoms with E-state index in [-0.39, 0.29) is 41.2 Å². The predicted molar refractivity (Wildman–Crippen MR) is 154 cm³/mol. The molecule has 0 unspecified atom stereocenters. The maximum absolute atomic E-state index is 13.3. The van der Waals surface area contributed by atoms with Crippen LogP contribution in [0.4, 0.5) is 5.82 Å². The maximum Gasteiger partial charge on any atom is 0.316 e. The topological polar surface area (TPSA) is 116 Å². The highest BCUT2D eigenvalue weighted by molar-refractivity contribution is 9.10. The number of nitrogens with zero attached hydrogens (tertiary/aromatic N) is 4. The van der Waals surface area contributed by atoms with E-state index in [9.17, 15) is 8.42 Å². The van der Waals surface area contributed by atoms with Crippen molar-refractivity contribution in [3.05, 3.63) is 82.9 Å². The molecule has 0 amide bonds. The summed E-state index contributed by atoms with van der Waals surface area (Å²) < 4.78 is 41.5. The summed E-state index contributed by atoms with van der Waals surface area (Å²) in [6.07, 6.45) is 5.30. The van der Waals surface area contributed by atoms with E-state index in [4.69, 9.17) is 9.47 Å². The maximum atomic E-state index is 13.3. The number of aryl methyl sites for hydroxylation is 1. The Hall–Kier alpha value is -3.57. The molecule has 0 aliphatic carbocycles. The number of benzene rings is 2. The van der Waals surface area contributed by atoms with Crippen LogP contribution >= 0.6 is 15.9 Å². The summed E-state index contributed by atoms with van der Waals surface area (Å²) >= 11 is 3.28. The Kier molecular flexibility index (Phi) is 8.81. The second kappa shape index (κ2) is 12.1. The third-order valence-corrected chi connectivity index (χ3v) is 7.64. The van der Waals surface area contributed by atoms with Crippen LogP contribution < -0.4 is 14.2 Å². The van der Waals surface area contributed by atoms with Gasteiger partial charge < -0.3 is 9.47 Å². The molecule has 0 saturated heterocycles. The minimum absolute atomic E-state index is 0.0976. The van der Waals surface area contributed by atoms with E-state index in [1.54, 1.807) is 24.5 Å². The molecule has 2 heterocycles. The number of halogens is 1. The number of hydrogen-bond donors (Lipinski definition) is 1. The molecule has 1 N–H and O–H groups in total. The Bertz CT molecular complexity index is 1510. The summed E-state index contributed by atoms with van der Waals surface area (Å²) in [5.41, 5.74) is 3.21. The molecule has 0 aliphatic heterocycles. The highest BCUT2D eigenvalue weighted by Crippen LogP contribution is 2.35. The molecule has 4 aromatic rings. The Balaban J connectivity index is 1.61. The van der Waals surface area contributed by atoms with Crippen molar-refractivity contribution in [2.24, 2.45) is 0 Å². The van der Waals surface area contributed by atoms with Gasteiger partial charge in [-0.1, -0.05) is 64.1 Å². The lowest BCUT2D eigenvalue weighted by Gasteiger charge is -2.19. The van der Waals surface area contributed by atoms with Gasteiger partial charge in [-0.2, -0.15) is 0 Å². The van der Waals surface area contributed by atoms with E-state index in [0.717, 1.165) is 22.0 Å². The van der Waals surface area contributed by atoms with Crippen LogP contribution in [0, 0.1) is 0 Å². The Morgan fingerprint density at radius 3 is 2.13 bits per heavy atom. The van der Waals surface area contributed by atoms with Gasteiger partial charge in [-0.3, -0.25) is 4.72 Å². The summed E-state index contributed by atoms with van der Waals surface area (Å²) in [6.45, 7) is 8.56. The highest BCUT2D eigenvalue weighted by atomic mass is 79.9. The average Bonchev–Trinajstić information content (AvgIpc) is 2.92. The molecule has 204 valence electrons. The number of aromatic nitrogens is 4. The zero-order chi connectivity index (χ0) is 28.0. The lowest BCUT2D eigenvalue weighted by molar-refractivity contribution is 0.202. The number of rotatable bonds is 10. The normalized spacial score (nSPS) is 11.7. The summed E-state index contributed by atoms with van der Waals surface area (Å²) in [6, 6.07) is 14.8. The molecule has 39 heavy (non-hydrogen) atoms. The fraction of sp³-hybridized carbons (Fsp3) is 0.286. The number of ether oxygens (including phenoxy) is 2. The van der Waals surface area contributed by atoms with E-state index in [0.29, 0.717) is 11.1 Å². The fourth-order valence-electron chi connectivity index (χ4n) is 3.69. The summed E-state index contributed by atoms with van der Waals surface area (Å²) in [7, 11) is -3.94. The SMILES string of the molecule is CCc1ccc(-c2c(NS(=O)(=O)c3ccc(C(C)(C)C)cc3)ncnc2OCCOc2ncc(Br)cn2)cc1. The van der Waals surface area contributed by atoms with Gasteiger partial charge in [0.15, 0.2) is 5.82 Å². The van der Waals surface area contributed by atoms with Crippen molar-refractivity contribution in [3.63, 3.8) is 0 Å². The van der Waals surface area contributed by atoms with Gasteiger partial charge in [0.05, 0.1) is 14.9 Å². The second-order valence-corrected chi connectivity index (χ2v) is 12.3. The smallest absolute Gasteiger partial charge is 0.316 e. The molecule has 0 saturated carbocycles. The van der Waals surface area contributed by atoms with Crippen LogP contribution in [0.25, 0.3) is 11.1 Å². The van der Waals surface area contributed by atoms with Crippen molar-refractivity contribution in [2.75, 3.05) is 17.9 Å². The molecule has 2 aromatic carbocycles. The third-order valence-electron chi connectivity index (χ3n) is 5.87. The first kappa shape index (κ1) is 28.4. The number of hydrogen-bond acceptors (Lipinski definition) is 8. The largest absolute Gasteiger partial charge is 0.473 e. The first-order valence-corrected chi connectivity index (χ1v) is 14.7. The molecule has 0 fully saturated rings. The van der Waals surface area contributed by atoms with E-state index in [1.807, 2.05) is 36.4 Å². The van der Waals surface area contributed by atoms with E-state index >= 15 is 0 Å². The van der Waals surface area contributed by atoms with Crippen LogP contribution in [0.1, 0.15) is 38.8 Å². The van der Waals surface area contributed by atoms with Crippen LogP contribution in [0.3, 0.4) is 0 Å². The predicted octanol–water partition coefficient (Wildman–Crippen LogP) is 5.81. The number of nitrogens with one attached hydrogen (secondary N) is 1. The van der Waals surface area contributed by atoms with Gasteiger partial charge in [0.2, 0.25) is 5.88 Å². The number of sulfonamides is 1. The molecule has 2 aromatic heterocycles. The Morgan fingerprint density at radius 1 is 0.872 bits per heavy atom. The lowest BCUT2D eigenvalue weighted by Crippen LogP contribution is -2.17. The van der Waals surface area contributed by atoms with Crippen molar-refractivity contribution in [1.82, 2.24) is 19.9 Å². The van der Waals surface area contributed by atoms with Crippen LogP contribution in [-0.2, 0) is 21.9 Å². The zero-order valence-electron chi connectivity index (χ0n) is 22.2. The second-order valence-electron chi connectivity index (χ2n) is 9.71. The molecule has 0 spiro atoms. The molecule has 4 rings (SSSR count). The highest BCUT2D eigenvalue weighted by Gasteiger charge is 2.22. The van der Waals surface area contributed by atoms with Crippen LogP contribution in [-0.4, -0.2) is 41.6 Å². The summed E-state index contributed by atoms with van der Waals surface area (Å²) in [5.74, 6) is 0.330. The van der Waals surface area contributed by atoms with Crippen molar-refractivity contribution < 1.29 is 17.9 Å². The van der Waals surface area contributed by atoms with Crippen molar-refractivity contribution in [1.29, 1.82) is 0 Å². The summed E-state index contributed by atoms with van der Waals surface area (Å²) in [4.78, 5) is 16.8. The monoisotopic (exact) mass is 611 g/mol. The quantitative estimate of drug-likeness (QED) is 0.223. The molecular formula is C28H30BrN5O4S. The van der Waals surface area contributed by atoms with E-state index < -0.39 is 10.0 Å². The third kappa shape index (κ3) is 7.30. The average molecular weight is 613 g/mol. The van der Waals surface area contributed by atoms with Crippen molar-refractivity contribution in [2.45, 2.75) is 44.4 Å². The van der Waals surface area contributed by atoms with Crippen molar-refractivity contribution >= 4 is 31.8 Å². The van der Waals surface area contributed by atoms with Gasteiger partial charge in [0.25, 0.3) is 10.0 Å². The van der Waals surface area contributed by atoms with Crippen LogP contribution in [0.5, 0.6) is 11.9 Å². The van der Waals surface area contributed by atoms with Crippen LogP contribution in [0.2, 0.25) is 0 Å². The van der Waals surface area contributed by atoms with E-state index in [1.165, 1.54) is 6.33 Å². The fourth-order valence-corrected chi connectivity index (χ4v) is 4.92. The Morgan fingerprint density at radius 2 is 1.51 bits per heavy atom. The Labute approximate surface area is 237 Å². The summed E-state index contributed by atoms with van der Waals surface area (Å²) in [5, 5.41) is 0. The van der Waals surface area contributed by atoms with Gasteiger partial charge in [-0.15, -0.1) is 0 Å². The molecule has 11 heteroatoms.